The summed E-state index contributed by atoms with van der Waals surface area (Å²) in [5.41, 5.74) is 2.43. The normalized spacial score (nSPS) is 11.9. The van der Waals surface area contributed by atoms with E-state index in [0.29, 0.717) is 0 Å². The molecule has 0 aliphatic carbocycles. The van der Waals surface area contributed by atoms with Gasteiger partial charge in [0.15, 0.2) is 0 Å². The summed E-state index contributed by atoms with van der Waals surface area (Å²) < 4.78 is 0. The Kier molecular flexibility index (Phi) is 6.42. The lowest BCUT2D eigenvalue weighted by atomic mass is 10.0. The molecule has 0 fully saturated rings. The predicted octanol–water partition coefficient (Wildman–Crippen LogP) is 1.86. The molecule has 0 aromatic heterocycles. The van der Waals surface area contributed by atoms with Crippen LogP contribution in [0, 0.1) is 6.92 Å². The van der Waals surface area contributed by atoms with Crippen molar-refractivity contribution in [3.05, 3.63) is 35.4 Å². The molecule has 1 aromatic carbocycles. The topological polar surface area (TPSA) is 66.4 Å². The Morgan fingerprint density at radius 1 is 1.32 bits per heavy atom. The Hall–Kier alpha value is -1.49. The first-order valence-electron chi connectivity index (χ1n) is 6.12. The third kappa shape index (κ3) is 6.29. The SMILES string of the molecule is Cc1ccccc1CC(C)NC(=O)CSCC(=O)O. The Balaban J connectivity index is 2.34. The number of nitrogens with one attached hydrogen (secondary N) is 1. The number of aryl methyl sites for hydroxylation is 1. The monoisotopic (exact) mass is 281 g/mol. The number of carbonyl (C=O) groups is 2. The van der Waals surface area contributed by atoms with Crippen molar-refractivity contribution >= 4 is 23.6 Å². The lowest BCUT2D eigenvalue weighted by molar-refractivity contribution is -0.133. The van der Waals surface area contributed by atoms with Crippen LogP contribution >= 0.6 is 11.8 Å². The Labute approximate surface area is 117 Å². The van der Waals surface area contributed by atoms with E-state index in [-0.39, 0.29) is 23.5 Å². The van der Waals surface area contributed by atoms with Gasteiger partial charge in [0.2, 0.25) is 5.91 Å². The van der Waals surface area contributed by atoms with Crippen molar-refractivity contribution in [1.82, 2.24) is 5.32 Å². The largest absolute Gasteiger partial charge is 0.481 e. The van der Waals surface area contributed by atoms with Gasteiger partial charge < -0.3 is 10.4 Å². The highest BCUT2D eigenvalue weighted by Gasteiger charge is 2.10. The summed E-state index contributed by atoms with van der Waals surface area (Å²) in [6.07, 6.45) is 0.780. The molecule has 0 radical (unpaired) electrons. The van der Waals surface area contributed by atoms with Crippen molar-refractivity contribution in [2.45, 2.75) is 26.3 Å². The van der Waals surface area contributed by atoms with Crippen LogP contribution in [-0.4, -0.2) is 34.5 Å². The van der Waals surface area contributed by atoms with Crippen LogP contribution in [0.5, 0.6) is 0 Å². The fraction of sp³-hybridized carbons (Fsp3) is 0.429. The number of hydrogen-bond donors (Lipinski definition) is 2. The molecule has 1 atom stereocenters. The molecule has 1 unspecified atom stereocenters. The van der Waals surface area contributed by atoms with Gasteiger partial charge in [0, 0.05) is 6.04 Å². The summed E-state index contributed by atoms with van der Waals surface area (Å²) in [5, 5.41) is 11.4. The Morgan fingerprint density at radius 2 is 2.00 bits per heavy atom. The second-order valence-electron chi connectivity index (χ2n) is 4.49. The Morgan fingerprint density at radius 3 is 2.63 bits per heavy atom. The molecule has 0 aliphatic rings. The summed E-state index contributed by atoms with van der Waals surface area (Å²) in [6, 6.07) is 8.12. The van der Waals surface area contributed by atoms with Crippen LogP contribution in [-0.2, 0) is 16.0 Å². The highest BCUT2D eigenvalue weighted by atomic mass is 32.2. The van der Waals surface area contributed by atoms with E-state index in [0.717, 1.165) is 18.2 Å². The Bertz CT molecular complexity index is 448. The smallest absolute Gasteiger partial charge is 0.313 e. The lowest BCUT2D eigenvalue weighted by Gasteiger charge is -2.15. The highest BCUT2D eigenvalue weighted by Crippen LogP contribution is 2.09. The van der Waals surface area contributed by atoms with Gasteiger partial charge in [-0.1, -0.05) is 24.3 Å². The maximum atomic E-state index is 11.6. The summed E-state index contributed by atoms with van der Waals surface area (Å²) in [7, 11) is 0. The van der Waals surface area contributed by atoms with Gasteiger partial charge in [-0.2, -0.15) is 0 Å². The van der Waals surface area contributed by atoms with Crippen molar-refractivity contribution in [2.75, 3.05) is 11.5 Å². The summed E-state index contributed by atoms with van der Waals surface area (Å²) in [4.78, 5) is 21.9. The van der Waals surface area contributed by atoms with Crippen molar-refractivity contribution in [3.63, 3.8) is 0 Å². The first-order valence-corrected chi connectivity index (χ1v) is 7.28. The maximum Gasteiger partial charge on any atom is 0.313 e. The number of aliphatic carboxylic acids is 1. The van der Waals surface area contributed by atoms with Crippen molar-refractivity contribution in [1.29, 1.82) is 0 Å². The number of hydrogen-bond acceptors (Lipinski definition) is 3. The zero-order valence-electron chi connectivity index (χ0n) is 11.2. The average molecular weight is 281 g/mol. The molecule has 0 aliphatic heterocycles. The third-order valence-corrected chi connectivity index (χ3v) is 3.57. The minimum absolute atomic E-state index is 0.0408. The number of carboxylic acids is 1. The van der Waals surface area contributed by atoms with Crippen molar-refractivity contribution in [2.24, 2.45) is 0 Å². The van der Waals surface area contributed by atoms with Crippen LogP contribution in [0.15, 0.2) is 24.3 Å². The van der Waals surface area contributed by atoms with E-state index >= 15 is 0 Å². The van der Waals surface area contributed by atoms with Crippen LogP contribution in [0.4, 0.5) is 0 Å². The van der Waals surface area contributed by atoms with Gasteiger partial charge in [-0.05, 0) is 31.4 Å². The van der Waals surface area contributed by atoms with Crippen LogP contribution in [0.1, 0.15) is 18.1 Å². The van der Waals surface area contributed by atoms with E-state index in [9.17, 15) is 9.59 Å². The van der Waals surface area contributed by atoms with Crippen LogP contribution in [0.2, 0.25) is 0 Å². The third-order valence-electron chi connectivity index (χ3n) is 2.65. The highest BCUT2D eigenvalue weighted by molar-refractivity contribution is 8.00. The van der Waals surface area contributed by atoms with Crippen LogP contribution < -0.4 is 5.32 Å². The summed E-state index contributed by atoms with van der Waals surface area (Å²) in [6.45, 7) is 4.00. The van der Waals surface area contributed by atoms with E-state index in [1.54, 1.807) is 0 Å². The van der Waals surface area contributed by atoms with E-state index < -0.39 is 5.97 Å². The van der Waals surface area contributed by atoms with Gasteiger partial charge in [-0.3, -0.25) is 9.59 Å². The molecule has 0 bridgehead atoms. The molecular weight excluding hydrogens is 262 g/mol. The van der Waals surface area contributed by atoms with Gasteiger partial charge in [0.1, 0.15) is 0 Å². The molecule has 4 nitrogen and oxygen atoms in total. The minimum atomic E-state index is -0.897. The van der Waals surface area contributed by atoms with Crippen molar-refractivity contribution in [3.8, 4) is 0 Å². The summed E-state index contributed by atoms with van der Waals surface area (Å²) in [5.74, 6) is -0.873. The standard InChI is InChI=1S/C14H19NO3S/c1-10-5-3-4-6-12(10)7-11(2)15-13(16)8-19-9-14(17)18/h3-6,11H,7-9H2,1-2H3,(H,15,16)(H,17,18). The molecule has 1 rings (SSSR count). The quantitative estimate of drug-likeness (QED) is 0.800. The number of carboxylic acid groups (broad SMARTS) is 1. The van der Waals surface area contributed by atoms with Crippen molar-refractivity contribution < 1.29 is 14.7 Å². The van der Waals surface area contributed by atoms with E-state index in [1.807, 2.05) is 32.0 Å². The molecule has 0 spiro atoms. The minimum Gasteiger partial charge on any atom is -0.481 e. The maximum absolute atomic E-state index is 11.6. The lowest BCUT2D eigenvalue weighted by Crippen LogP contribution is -2.35. The van der Waals surface area contributed by atoms with E-state index in [4.69, 9.17) is 5.11 Å². The molecule has 104 valence electrons. The number of amides is 1. The van der Waals surface area contributed by atoms with Gasteiger partial charge in [-0.15, -0.1) is 11.8 Å². The molecule has 0 heterocycles. The van der Waals surface area contributed by atoms with Gasteiger partial charge in [-0.25, -0.2) is 0 Å². The van der Waals surface area contributed by atoms with E-state index in [1.165, 1.54) is 11.1 Å². The molecule has 1 amide bonds. The number of benzene rings is 1. The van der Waals surface area contributed by atoms with Crippen LogP contribution in [0.25, 0.3) is 0 Å². The number of carbonyl (C=O) groups excluding carboxylic acids is 1. The predicted molar refractivity (Wildman–Crippen MR) is 77.4 cm³/mol. The second-order valence-corrected chi connectivity index (χ2v) is 5.47. The molecule has 19 heavy (non-hydrogen) atoms. The molecule has 0 saturated heterocycles. The molecule has 2 N–H and O–H groups in total. The first-order chi connectivity index (χ1) is 8.99. The van der Waals surface area contributed by atoms with E-state index in [2.05, 4.69) is 11.4 Å². The van der Waals surface area contributed by atoms with Gasteiger partial charge in [0.25, 0.3) is 0 Å². The molecule has 5 heteroatoms. The molecule has 0 saturated carbocycles. The fourth-order valence-corrected chi connectivity index (χ4v) is 2.31. The zero-order chi connectivity index (χ0) is 14.3. The number of thioether (sulfide) groups is 1. The second kappa shape index (κ2) is 7.84. The number of rotatable bonds is 7. The van der Waals surface area contributed by atoms with Gasteiger partial charge >= 0.3 is 5.97 Å². The fourth-order valence-electron chi connectivity index (χ4n) is 1.77. The average Bonchev–Trinajstić information content (AvgIpc) is 2.31. The molecule has 1 aromatic rings. The first kappa shape index (κ1) is 15.6. The summed E-state index contributed by atoms with van der Waals surface area (Å²) >= 11 is 1.11. The van der Waals surface area contributed by atoms with Crippen LogP contribution in [0.3, 0.4) is 0 Å². The van der Waals surface area contributed by atoms with Gasteiger partial charge in [0.05, 0.1) is 11.5 Å². The zero-order valence-corrected chi connectivity index (χ0v) is 12.0. The molecular formula is C14H19NO3S.